The molecule has 0 radical (unpaired) electrons. The molecule has 0 amide bonds. The van der Waals surface area contributed by atoms with Crippen molar-refractivity contribution in [2.75, 3.05) is 0 Å². The molecule has 0 spiro atoms. The lowest BCUT2D eigenvalue weighted by atomic mass is 9.84. The number of hydrogen-bond donors (Lipinski definition) is 1. The van der Waals surface area contributed by atoms with Crippen molar-refractivity contribution in [3.63, 3.8) is 0 Å². The zero-order valence-electron chi connectivity index (χ0n) is 12.5. The predicted octanol–water partition coefficient (Wildman–Crippen LogP) is 4.36. The third kappa shape index (κ3) is 3.50. The monoisotopic (exact) mass is 261 g/mol. The van der Waals surface area contributed by atoms with Gasteiger partial charge in [0.15, 0.2) is 0 Å². The van der Waals surface area contributed by atoms with Gasteiger partial charge in [-0.15, -0.1) is 0 Å². The Morgan fingerprint density at radius 2 is 2.05 bits per heavy atom. The average Bonchev–Trinajstić information content (AvgIpc) is 2.39. The van der Waals surface area contributed by atoms with Crippen LogP contribution in [0.15, 0.2) is 18.2 Å². The van der Waals surface area contributed by atoms with Gasteiger partial charge in [-0.25, -0.2) is 0 Å². The molecule has 2 heteroatoms. The lowest BCUT2D eigenvalue weighted by Gasteiger charge is -2.32. The molecule has 1 fully saturated rings. The minimum absolute atomic E-state index is 0.0271. The van der Waals surface area contributed by atoms with E-state index in [0.29, 0.717) is 12.0 Å². The van der Waals surface area contributed by atoms with Gasteiger partial charge in [-0.3, -0.25) is 0 Å². The highest BCUT2D eigenvalue weighted by Gasteiger charge is 2.26. The zero-order chi connectivity index (χ0) is 13.8. The quantitative estimate of drug-likeness (QED) is 0.874. The van der Waals surface area contributed by atoms with Crippen LogP contribution < -0.4 is 10.5 Å². The molecule has 1 aromatic rings. The Morgan fingerprint density at radius 3 is 2.74 bits per heavy atom. The maximum atomic E-state index is 6.35. The van der Waals surface area contributed by atoms with Gasteiger partial charge in [0.1, 0.15) is 11.9 Å². The van der Waals surface area contributed by atoms with Gasteiger partial charge >= 0.3 is 0 Å². The van der Waals surface area contributed by atoms with Gasteiger partial charge in [0.05, 0.1) is 0 Å². The second-order valence-electron chi connectivity index (χ2n) is 5.94. The number of benzene rings is 1. The molecule has 1 aliphatic carbocycles. The van der Waals surface area contributed by atoms with Crippen LogP contribution in [-0.4, -0.2) is 6.10 Å². The molecule has 0 bridgehead atoms. The first kappa shape index (κ1) is 14.4. The third-order valence-corrected chi connectivity index (χ3v) is 4.30. The Morgan fingerprint density at radius 1 is 1.32 bits per heavy atom. The highest BCUT2D eigenvalue weighted by Crippen LogP contribution is 2.33. The van der Waals surface area contributed by atoms with E-state index in [0.717, 1.165) is 11.3 Å². The summed E-state index contributed by atoms with van der Waals surface area (Å²) in [7, 11) is 0. The number of nitrogens with two attached hydrogens (primary N) is 1. The van der Waals surface area contributed by atoms with Crippen molar-refractivity contribution < 1.29 is 4.74 Å². The fourth-order valence-electron chi connectivity index (χ4n) is 3.08. The van der Waals surface area contributed by atoms with E-state index in [1.54, 1.807) is 0 Å². The summed E-state index contributed by atoms with van der Waals surface area (Å²) in [6.07, 6.45) is 6.72. The summed E-state index contributed by atoms with van der Waals surface area (Å²) < 4.78 is 6.35. The fraction of sp³-hybridized carbons (Fsp3) is 0.647. The van der Waals surface area contributed by atoms with Crippen LogP contribution in [-0.2, 0) is 0 Å². The minimum atomic E-state index is 0.0271. The van der Waals surface area contributed by atoms with E-state index in [4.69, 9.17) is 10.5 Å². The van der Waals surface area contributed by atoms with Crippen LogP contribution in [0, 0.1) is 12.8 Å². The number of hydrogen-bond acceptors (Lipinski definition) is 2. The maximum Gasteiger partial charge on any atom is 0.124 e. The van der Waals surface area contributed by atoms with E-state index >= 15 is 0 Å². The predicted molar refractivity (Wildman–Crippen MR) is 80.4 cm³/mol. The highest BCUT2D eigenvalue weighted by atomic mass is 16.5. The molecule has 0 heterocycles. The van der Waals surface area contributed by atoms with Gasteiger partial charge in [0.25, 0.3) is 0 Å². The third-order valence-electron chi connectivity index (χ3n) is 4.30. The molecule has 0 aliphatic heterocycles. The van der Waals surface area contributed by atoms with Crippen LogP contribution in [0.3, 0.4) is 0 Å². The standard InChI is InChI=1S/C17H27NO/c1-4-14-7-5-6-8-16(14)19-17-11-12(2)9-10-15(17)13(3)18/h9-11,13-14,16H,4-8,18H2,1-3H3/t13-,14?,16?/m1/s1. The van der Waals surface area contributed by atoms with Crippen LogP contribution in [0.2, 0.25) is 0 Å². The lowest BCUT2D eigenvalue weighted by molar-refractivity contribution is 0.0890. The second-order valence-corrected chi connectivity index (χ2v) is 5.94. The average molecular weight is 261 g/mol. The van der Waals surface area contributed by atoms with Crippen molar-refractivity contribution >= 4 is 0 Å². The summed E-state index contributed by atoms with van der Waals surface area (Å²) in [6, 6.07) is 6.39. The summed E-state index contributed by atoms with van der Waals surface area (Å²) in [6.45, 7) is 6.40. The van der Waals surface area contributed by atoms with E-state index in [-0.39, 0.29) is 6.04 Å². The first-order valence-corrected chi connectivity index (χ1v) is 7.64. The van der Waals surface area contributed by atoms with Crippen molar-refractivity contribution in [3.05, 3.63) is 29.3 Å². The lowest BCUT2D eigenvalue weighted by Crippen LogP contribution is -2.30. The van der Waals surface area contributed by atoms with Crippen LogP contribution in [0.25, 0.3) is 0 Å². The van der Waals surface area contributed by atoms with Crippen molar-refractivity contribution in [1.82, 2.24) is 0 Å². The van der Waals surface area contributed by atoms with Gasteiger partial charge in [-0.1, -0.05) is 25.5 Å². The highest BCUT2D eigenvalue weighted by molar-refractivity contribution is 5.39. The van der Waals surface area contributed by atoms with Crippen LogP contribution >= 0.6 is 0 Å². The van der Waals surface area contributed by atoms with Crippen molar-refractivity contribution in [2.24, 2.45) is 11.7 Å². The normalized spacial score (nSPS) is 25.1. The minimum Gasteiger partial charge on any atom is -0.490 e. The topological polar surface area (TPSA) is 35.2 Å². The molecule has 2 unspecified atom stereocenters. The SMILES string of the molecule is CCC1CCCCC1Oc1cc(C)ccc1[C@@H](C)N. The molecule has 106 valence electrons. The summed E-state index contributed by atoms with van der Waals surface area (Å²) in [5.74, 6) is 1.70. The summed E-state index contributed by atoms with van der Waals surface area (Å²) >= 11 is 0. The first-order valence-electron chi connectivity index (χ1n) is 7.64. The summed E-state index contributed by atoms with van der Waals surface area (Å²) in [5, 5.41) is 0. The maximum absolute atomic E-state index is 6.35. The molecular formula is C17H27NO. The van der Waals surface area contributed by atoms with Gasteiger partial charge in [0.2, 0.25) is 0 Å². The molecule has 19 heavy (non-hydrogen) atoms. The number of ether oxygens (including phenoxy) is 1. The Labute approximate surface area is 117 Å². The second kappa shape index (κ2) is 6.42. The number of rotatable bonds is 4. The summed E-state index contributed by atoms with van der Waals surface area (Å²) in [5.41, 5.74) is 8.43. The molecule has 3 atom stereocenters. The molecule has 2 nitrogen and oxygen atoms in total. The van der Waals surface area contributed by atoms with E-state index in [2.05, 4.69) is 32.0 Å². The summed E-state index contributed by atoms with van der Waals surface area (Å²) in [4.78, 5) is 0. The molecule has 1 aromatic carbocycles. The van der Waals surface area contributed by atoms with Crippen LogP contribution in [0.1, 0.15) is 63.1 Å². The molecule has 1 saturated carbocycles. The zero-order valence-corrected chi connectivity index (χ0v) is 12.5. The Hall–Kier alpha value is -1.02. The van der Waals surface area contributed by atoms with Gasteiger partial charge in [-0.05, 0) is 57.1 Å². The molecular weight excluding hydrogens is 234 g/mol. The van der Waals surface area contributed by atoms with Gasteiger partial charge in [-0.2, -0.15) is 0 Å². The van der Waals surface area contributed by atoms with Crippen LogP contribution in [0.5, 0.6) is 5.75 Å². The van der Waals surface area contributed by atoms with Gasteiger partial charge in [0, 0.05) is 11.6 Å². The Balaban J connectivity index is 2.19. The molecule has 2 rings (SSSR count). The van der Waals surface area contributed by atoms with Crippen molar-refractivity contribution in [1.29, 1.82) is 0 Å². The van der Waals surface area contributed by atoms with Crippen LogP contribution in [0.4, 0.5) is 0 Å². The van der Waals surface area contributed by atoms with E-state index in [1.807, 2.05) is 6.92 Å². The molecule has 0 aromatic heterocycles. The van der Waals surface area contributed by atoms with Gasteiger partial charge < -0.3 is 10.5 Å². The largest absolute Gasteiger partial charge is 0.490 e. The van der Waals surface area contributed by atoms with Crippen molar-refractivity contribution in [2.45, 2.75) is 65.0 Å². The number of aryl methyl sites for hydroxylation is 1. The van der Waals surface area contributed by atoms with E-state index < -0.39 is 0 Å². The Kier molecular flexibility index (Phi) is 4.87. The molecule has 0 saturated heterocycles. The smallest absolute Gasteiger partial charge is 0.124 e. The first-order chi connectivity index (χ1) is 9.11. The molecule has 1 aliphatic rings. The van der Waals surface area contributed by atoms with Crippen molar-refractivity contribution in [3.8, 4) is 5.75 Å². The molecule has 2 N–H and O–H groups in total. The van der Waals surface area contributed by atoms with E-state index in [1.165, 1.54) is 37.7 Å². The van der Waals surface area contributed by atoms with E-state index in [9.17, 15) is 0 Å². The Bertz CT molecular complexity index is 414. The fourth-order valence-corrected chi connectivity index (χ4v) is 3.08.